The molecule has 1 aliphatic rings. The second kappa shape index (κ2) is 7.48. The van der Waals surface area contributed by atoms with E-state index in [2.05, 4.69) is 39.6 Å². The molecule has 0 saturated carbocycles. The molecule has 3 heterocycles. The van der Waals surface area contributed by atoms with Crippen LogP contribution in [0.3, 0.4) is 0 Å². The van der Waals surface area contributed by atoms with E-state index in [9.17, 15) is 0 Å². The smallest absolute Gasteiger partial charge is 0.161 e. The van der Waals surface area contributed by atoms with Crippen LogP contribution in [0.25, 0.3) is 11.4 Å². The summed E-state index contributed by atoms with van der Waals surface area (Å²) in [5.74, 6) is 1.66. The molecule has 0 spiro atoms. The highest BCUT2D eigenvalue weighted by molar-refractivity contribution is 7.09. The Hall–Kier alpha value is -3.12. The lowest BCUT2D eigenvalue weighted by molar-refractivity contribution is 0.891. The van der Waals surface area contributed by atoms with Gasteiger partial charge < -0.3 is 5.32 Å². The maximum absolute atomic E-state index is 4.92. The Kier molecular flexibility index (Phi) is 4.54. The van der Waals surface area contributed by atoms with E-state index in [-0.39, 0.29) is 6.04 Å². The Bertz CT molecular complexity index is 1070. The summed E-state index contributed by atoms with van der Waals surface area (Å²) in [4.78, 5) is 18.4. The molecule has 1 aromatic carbocycles. The van der Waals surface area contributed by atoms with E-state index in [1.54, 1.807) is 23.7 Å². The molecule has 1 N–H and O–H groups in total. The molecule has 0 amide bonds. The van der Waals surface area contributed by atoms with E-state index in [0.29, 0.717) is 0 Å². The third kappa shape index (κ3) is 3.27. The second-order valence-electron chi connectivity index (χ2n) is 6.77. The average Bonchev–Trinajstić information content (AvgIpc) is 3.45. The Balaban J connectivity index is 1.59. The molecule has 0 fully saturated rings. The molecular formula is C22H19N5S. The zero-order chi connectivity index (χ0) is 18.8. The Morgan fingerprint density at radius 2 is 1.79 bits per heavy atom. The quantitative estimate of drug-likeness (QED) is 0.540. The normalized spacial score (nSPS) is 13.9. The van der Waals surface area contributed by atoms with Gasteiger partial charge in [0.25, 0.3) is 0 Å². The number of hydrogen-bond acceptors (Lipinski definition) is 6. The molecule has 5 nitrogen and oxygen atoms in total. The maximum atomic E-state index is 4.92. The number of rotatable bonds is 5. The number of nitrogens with one attached hydrogen (secondary N) is 1. The standard InChI is InChI=1S/C22H19N5S/c1-2-5-15(6-3-1)19(22-24-13-14-28-22)26-21-17-7-4-8-18(17)25-20(27-21)16-9-11-23-12-10-16/h1-3,5-6,9-14,19H,4,7-8H2,(H,25,26,27). The fraction of sp³-hybridized carbons (Fsp3) is 0.182. The van der Waals surface area contributed by atoms with E-state index < -0.39 is 0 Å². The lowest BCUT2D eigenvalue weighted by atomic mass is 10.1. The molecule has 0 bridgehead atoms. The zero-order valence-electron chi connectivity index (χ0n) is 15.2. The first kappa shape index (κ1) is 17.0. The van der Waals surface area contributed by atoms with Crippen LogP contribution >= 0.6 is 11.3 Å². The van der Waals surface area contributed by atoms with Crippen molar-refractivity contribution in [3.63, 3.8) is 0 Å². The minimum Gasteiger partial charge on any atom is -0.356 e. The molecule has 6 heteroatoms. The number of pyridine rings is 1. The third-order valence-electron chi connectivity index (χ3n) is 4.98. The topological polar surface area (TPSA) is 63.6 Å². The molecule has 5 rings (SSSR count). The fourth-order valence-electron chi connectivity index (χ4n) is 3.63. The number of hydrogen-bond donors (Lipinski definition) is 1. The van der Waals surface area contributed by atoms with Crippen molar-refractivity contribution >= 4 is 17.2 Å². The van der Waals surface area contributed by atoms with Gasteiger partial charge in [-0.15, -0.1) is 11.3 Å². The van der Waals surface area contributed by atoms with Gasteiger partial charge >= 0.3 is 0 Å². The summed E-state index contributed by atoms with van der Waals surface area (Å²) in [6.45, 7) is 0. The van der Waals surface area contributed by atoms with Crippen molar-refractivity contribution in [2.75, 3.05) is 5.32 Å². The van der Waals surface area contributed by atoms with Gasteiger partial charge in [0.15, 0.2) is 5.82 Å². The van der Waals surface area contributed by atoms with E-state index in [0.717, 1.165) is 47.2 Å². The van der Waals surface area contributed by atoms with Crippen molar-refractivity contribution in [2.24, 2.45) is 0 Å². The van der Waals surface area contributed by atoms with Gasteiger partial charge in [-0.1, -0.05) is 30.3 Å². The van der Waals surface area contributed by atoms with Crippen LogP contribution in [-0.2, 0) is 12.8 Å². The molecule has 1 aliphatic carbocycles. The summed E-state index contributed by atoms with van der Waals surface area (Å²) in [6, 6.07) is 14.3. The monoisotopic (exact) mass is 385 g/mol. The molecule has 0 aliphatic heterocycles. The predicted molar refractivity (Wildman–Crippen MR) is 111 cm³/mol. The van der Waals surface area contributed by atoms with E-state index in [1.807, 2.05) is 29.8 Å². The highest BCUT2D eigenvalue weighted by Gasteiger charge is 2.24. The van der Waals surface area contributed by atoms with Gasteiger partial charge in [-0.3, -0.25) is 4.98 Å². The average molecular weight is 385 g/mol. The van der Waals surface area contributed by atoms with Crippen LogP contribution in [0.5, 0.6) is 0 Å². The molecule has 1 unspecified atom stereocenters. The molecular weight excluding hydrogens is 366 g/mol. The number of aryl methyl sites for hydroxylation is 1. The van der Waals surface area contributed by atoms with Crippen LogP contribution in [0.15, 0.2) is 66.4 Å². The van der Waals surface area contributed by atoms with Gasteiger partial charge in [0.1, 0.15) is 16.9 Å². The number of thiazole rings is 1. The van der Waals surface area contributed by atoms with Gasteiger partial charge in [0.05, 0.1) is 0 Å². The number of anilines is 1. The Labute approximate surface area is 167 Å². The van der Waals surface area contributed by atoms with Crippen molar-refractivity contribution in [3.8, 4) is 11.4 Å². The summed E-state index contributed by atoms with van der Waals surface area (Å²) in [6.07, 6.45) is 8.53. The summed E-state index contributed by atoms with van der Waals surface area (Å²) in [5, 5.41) is 6.73. The van der Waals surface area contributed by atoms with Gasteiger partial charge in [-0.25, -0.2) is 15.0 Å². The minimum atomic E-state index is -0.0360. The SMILES string of the molecule is c1ccc(C(Nc2nc(-c3ccncc3)nc3c2CCC3)c2nccs2)cc1. The number of fused-ring (bicyclic) bond motifs is 1. The lowest BCUT2D eigenvalue weighted by Crippen LogP contribution is -2.15. The van der Waals surface area contributed by atoms with Crippen molar-refractivity contribution in [3.05, 3.63) is 88.3 Å². The molecule has 4 aromatic rings. The fourth-order valence-corrected chi connectivity index (χ4v) is 4.34. The molecule has 138 valence electrons. The first-order chi connectivity index (χ1) is 13.9. The van der Waals surface area contributed by atoms with Crippen LogP contribution in [0.2, 0.25) is 0 Å². The molecule has 0 radical (unpaired) electrons. The third-order valence-corrected chi connectivity index (χ3v) is 5.82. The van der Waals surface area contributed by atoms with Crippen molar-refractivity contribution in [1.29, 1.82) is 0 Å². The number of aromatic nitrogens is 4. The highest BCUT2D eigenvalue weighted by Crippen LogP contribution is 2.33. The van der Waals surface area contributed by atoms with E-state index >= 15 is 0 Å². The van der Waals surface area contributed by atoms with Crippen molar-refractivity contribution in [1.82, 2.24) is 19.9 Å². The first-order valence-electron chi connectivity index (χ1n) is 9.39. The summed E-state index contributed by atoms with van der Waals surface area (Å²) < 4.78 is 0. The van der Waals surface area contributed by atoms with E-state index in [1.165, 1.54) is 11.1 Å². The predicted octanol–water partition coefficient (Wildman–Crippen LogP) is 4.69. The Morgan fingerprint density at radius 1 is 0.929 bits per heavy atom. The zero-order valence-corrected chi connectivity index (χ0v) is 16.1. The van der Waals surface area contributed by atoms with Crippen LogP contribution in [0.4, 0.5) is 5.82 Å². The van der Waals surface area contributed by atoms with Gasteiger partial charge in [0.2, 0.25) is 0 Å². The van der Waals surface area contributed by atoms with E-state index in [4.69, 9.17) is 9.97 Å². The molecule has 0 saturated heterocycles. The number of benzene rings is 1. The lowest BCUT2D eigenvalue weighted by Gasteiger charge is -2.20. The summed E-state index contributed by atoms with van der Waals surface area (Å²) in [7, 11) is 0. The summed E-state index contributed by atoms with van der Waals surface area (Å²) >= 11 is 1.65. The van der Waals surface area contributed by atoms with Gasteiger partial charge in [-0.05, 0) is 37.0 Å². The first-order valence-corrected chi connectivity index (χ1v) is 10.3. The Morgan fingerprint density at radius 3 is 2.57 bits per heavy atom. The number of nitrogens with zero attached hydrogens (tertiary/aromatic N) is 4. The van der Waals surface area contributed by atoms with Gasteiger partial charge in [0, 0.05) is 40.8 Å². The van der Waals surface area contributed by atoms with Crippen LogP contribution in [0.1, 0.15) is 34.3 Å². The molecule has 1 atom stereocenters. The minimum absolute atomic E-state index is 0.0360. The van der Waals surface area contributed by atoms with Crippen LogP contribution in [0, 0.1) is 0 Å². The van der Waals surface area contributed by atoms with Crippen LogP contribution < -0.4 is 5.32 Å². The van der Waals surface area contributed by atoms with Gasteiger partial charge in [-0.2, -0.15) is 0 Å². The second-order valence-corrected chi connectivity index (χ2v) is 7.70. The highest BCUT2D eigenvalue weighted by atomic mass is 32.1. The molecule has 28 heavy (non-hydrogen) atoms. The maximum Gasteiger partial charge on any atom is 0.161 e. The van der Waals surface area contributed by atoms with Crippen molar-refractivity contribution < 1.29 is 0 Å². The largest absolute Gasteiger partial charge is 0.356 e. The van der Waals surface area contributed by atoms with Crippen LogP contribution in [-0.4, -0.2) is 19.9 Å². The summed E-state index contributed by atoms with van der Waals surface area (Å²) in [5.41, 5.74) is 4.54. The van der Waals surface area contributed by atoms with Crippen molar-refractivity contribution in [2.45, 2.75) is 25.3 Å². The molecule has 3 aromatic heterocycles.